The van der Waals surface area contributed by atoms with Gasteiger partial charge >= 0.3 is 0 Å². The molecule has 0 fully saturated rings. The highest BCUT2D eigenvalue weighted by Crippen LogP contribution is 2.22. The molecule has 5 nitrogen and oxygen atoms in total. The van der Waals surface area contributed by atoms with Crippen molar-refractivity contribution in [3.8, 4) is 0 Å². The third kappa shape index (κ3) is 4.65. The van der Waals surface area contributed by atoms with Gasteiger partial charge in [-0.15, -0.1) is 0 Å². The summed E-state index contributed by atoms with van der Waals surface area (Å²) < 4.78 is 53.1. The molecule has 144 valence electrons. The monoisotopic (exact) mass is 422 g/mol. The summed E-state index contributed by atoms with van der Waals surface area (Å²) in [4.78, 5) is 12.0. The fourth-order valence-corrected chi connectivity index (χ4v) is 3.61. The van der Waals surface area contributed by atoms with Gasteiger partial charge in [0.1, 0.15) is 11.6 Å². The van der Waals surface area contributed by atoms with E-state index in [4.69, 9.17) is 11.6 Å². The SMILES string of the molecule is O=C(Nc1ccc(F)cc1)c1ccc(NS(=O)(=O)c2ccc(F)c(Cl)c2)cc1. The maximum atomic E-state index is 13.2. The van der Waals surface area contributed by atoms with E-state index in [9.17, 15) is 22.0 Å². The average Bonchev–Trinajstić information content (AvgIpc) is 2.66. The molecule has 28 heavy (non-hydrogen) atoms. The molecule has 0 atom stereocenters. The summed E-state index contributed by atoms with van der Waals surface area (Å²) in [5, 5.41) is 2.29. The quantitative estimate of drug-likeness (QED) is 0.627. The van der Waals surface area contributed by atoms with Crippen molar-refractivity contribution in [2.24, 2.45) is 0 Å². The molecule has 3 rings (SSSR count). The van der Waals surface area contributed by atoms with E-state index in [0.717, 1.165) is 18.2 Å². The second-order valence-corrected chi connectivity index (χ2v) is 7.81. The Morgan fingerprint density at radius 2 is 1.46 bits per heavy atom. The summed E-state index contributed by atoms with van der Waals surface area (Å²) in [6, 6.07) is 14.0. The lowest BCUT2D eigenvalue weighted by Crippen LogP contribution is -2.14. The van der Waals surface area contributed by atoms with E-state index < -0.39 is 27.6 Å². The first-order valence-electron chi connectivity index (χ1n) is 7.89. The standard InChI is InChI=1S/C19H13ClF2N2O3S/c20-17-11-16(9-10-18(17)22)28(26,27)24-15-5-1-12(2-6-15)19(25)23-14-7-3-13(21)4-8-14/h1-11,24H,(H,23,25). The van der Waals surface area contributed by atoms with Crippen molar-refractivity contribution in [3.05, 3.63) is 89.0 Å². The van der Waals surface area contributed by atoms with Crippen molar-refractivity contribution >= 4 is 38.9 Å². The first-order chi connectivity index (χ1) is 13.2. The van der Waals surface area contributed by atoms with Gasteiger partial charge in [0.05, 0.1) is 9.92 Å². The van der Waals surface area contributed by atoms with Crippen LogP contribution in [0.2, 0.25) is 5.02 Å². The van der Waals surface area contributed by atoms with Gasteiger partial charge in [-0.25, -0.2) is 17.2 Å². The van der Waals surface area contributed by atoms with Gasteiger partial charge in [-0.05, 0) is 66.7 Å². The van der Waals surface area contributed by atoms with E-state index in [1.165, 1.54) is 48.5 Å². The van der Waals surface area contributed by atoms with Crippen LogP contribution in [0.15, 0.2) is 71.6 Å². The topological polar surface area (TPSA) is 75.3 Å². The molecule has 0 aliphatic rings. The van der Waals surface area contributed by atoms with Crippen LogP contribution >= 0.6 is 11.6 Å². The van der Waals surface area contributed by atoms with Crippen LogP contribution in [-0.4, -0.2) is 14.3 Å². The van der Waals surface area contributed by atoms with Crippen molar-refractivity contribution in [1.82, 2.24) is 0 Å². The molecule has 0 saturated heterocycles. The first-order valence-corrected chi connectivity index (χ1v) is 9.75. The molecule has 3 aromatic rings. The summed E-state index contributed by atoms with van der Waals surface area (Å²) in [6.07, 6.45) is 0. The van der Waals surface area contributed by atoms with Gasteiger partial charge in [0.2, 0.25) is 0 Å². The predicted octanol–water partition coefficient (Wildman–Crippen LogP) is 4.67. The Morgan fingerprint density at radius 1 is 0.857 bits per heavy atom. The molecule has 0 unspecified atom stereocenters. The van der Waals surface area contributed by atoms with Crippen molar-refractivity contribution in [2.75, 3.05) is 10.0 Å². The van der Waals surface area contributed by atoms with Gasteiger partial charge in [0, 0.05) is 16.9 Å². The van der Waals surface area contributed by atoms with E-state index in [0.29, 0.717) is 5.69 Å². The summed E-state index contributed by atoms with van der Waals surface area (Å²) in [6.45, 7) is 0. The minimum atomic E-state index is -3.98. The zero-order chi connectivity index (χ0) is 20.3. The summed E-state index contributed by atoms with van der Waals surface area (Å²) in [5.74, 6) is -1.58. The lowest BCUT2D eigenvalue weighted by molar-refractivity contribution is 0.102. The fourth-order valence-electron chi connectivity index (χ4n) is 2.28. The number of carbonyl (C=O) groups is 1. The van der Waals surface area contributed by atoms with Gasteiger partial charge in [0.15, 0.2) is 0 Å². The van der Waals surface area contributed by atoms with Crippen LogP contribution in [0.1, 0.15) is 10.4 Å². The van der Waals surface area contributed by atoms with Crippen LogP contribution in [-0.2, 0) is 10.0 Å². The van der Waals surface area contributed by atoms with Gasteiger partial charge < -0.3 is 5.32 Å². The van der Waals surface area contributed by atoms with Gasteiger partial charge in [0.25, 0.3) is 15.9 Å². The zero-order valence-corrected chi connectivity index (χ0v) is 15.7. The Labute approximate surface area is 165 Å². The number of sulfonamides is 1. The summed E-state index contributed by atoms with van der Waals surface area (Å²) >= 11 is 5.62. The normalized spacial score (nSPS) is 11.1. The largest absolute Gasteiger partial charge is 0.322 e. The highest BCUT2D eigenvalue weighted by molar-refractivity contribution is 7.92. The van der Waals surface area contributed by atoms with Crippen LogP contribution in [0.5, 0.6) is 0 Å². The number of benzene rings is 3. The van der Waals surface area contributed by atoms with E-state index in [-0.39, 0.29) is 21.2 Å². The molecule has 0 saturated carbocycles. The Morgan fingerprint density at radius 3 is 2.07 bits per heavy atom. The molecule has 0 heterocycles. The zero-order valence-electron chi connectivity index (χ0n) is 14.1. The van der Waals surface area contributed by atoms with Gasteiger partial charge in [-0.3, -0.25) is 9.52 Å². The predicted molar refractivity (Wildman–Crippen MR) is 103 cm³/mol. The summed E-state index contributed by atoms with van der Waals surface area (Å²) in [7, 11) is -3.98. The van der Waals surface area contributed by atoms with E-state index in [2.05, 4.69) is 10.0 Å². The van der Waals surface area contributed by atoms with Crippen molar-refractivity contribution in [3.63, 3.8) is 0 Å². The van der Waals surface area contributed by atoms with E-state index >= 15 is 0 Å². The van der Waals surface area contributed by atoms with Crippen LogP contribution < -0.4 is 10.0 Å². The van der Waals surface area contributed by atoms with Gasteiger partial charge in [-0.1, -0.05) is 11.6 Å². The lowest BCUT2D eigenvalue weighted by atomic mass is 10.2. The third-order valence-electron chi connectivity index (χ3n) is 3.70. The maximum absolute atomic E-state index is 13.2. The highest BCUT2D eigenvalue weighted by Gasteiger charge is 2.16. The van der Waals surface area contributed by atoms with Crippen molar-refractivity contribution in [2.45, 2.75) is 4.90 Å². The Bertz CT molecular complexity index is 1120. The fraction of sp³-hybridized carbons (Fsp3) is 0. The molecule has 0 aliphatic heterocycles. The number of hydrogen-bond donors (Lipinski definition) is 2. The van der Waals surface area contributed by atoms with Crippen molar-refractivity contribution in [1.29, 1.82) is 0 Å². The molecule has 2 N–H and O–H groups in total. The number of halogens is 3. The number of carbonyl (C=O) groups excluding carboxylic acids is 1. The third-order valence-corrected chi connectivity index (χ3v) is 5.37. The molecule has 9 heteroatoms. The van der Waals surface area contributed by atoms with Crippen LogP contribution in [0, 0.1) is 11.6 Å². The minimum Gasteiger partial charge on any atom is -0.322 e. The molecule has 1 amide bonds. The smallest absolute Gasteiger partial charge is 0.261 e. The molecule has 0 bridgehead atoms. The van der Waals surface area contributed by atoms with Crippen LogP contribution in [0.3, 0.4) is 0 Å². The van der Waals surface area contributed by atoms with Gasteiger partial charge in [-0.2, -0.15) is 0 Å². The Hall–Kier alpha value is -2.97. The number of amides is 1. The number of rotatable bonds is 5. The molecule has 0 aromatic heterocycles. The average molecular weight is 423 g/mol. The molecular weight excluding hydrogens is 410 g/mol. The number of nitrogens with one attached hydrogen (secondary N) is 2. The molecular formula is C19H13ClF2N2O3S. The maximum Gasteiger partial charge on any atom is 0.261 e. The number of hydrogen-bond acceptors (Lipinski definition) is 3. The van der Waals surface area contributed by atoms with E-state index in [1.807, 2.05) is 0 Å². The second kappa shape index (κ2) is 7.95. The highest BCUT2D eigenvalue weighted by atomic mass is 35.5. The molecule has 0 radical (unpaired) electrons. The molecule has 3 aromatic carbocycles. The number of anilines is 2. The molecule has 0 spiro atoms. The van der Waals surface area contributed by atoms with Crippen LogP contribution in [0.4, 0.5) is 20.2 Å². The molecule has 0 aliphatic carbocycles. The van der Waals surface area contributed by atoms with Crippen LogP contribution in [0.25, 0.3) is 0 Å². The second-order valence-electron chi connectivity index (χ2n) is 5.72. The summed E-state index contributed by atoms with van der Waals surface area (Å²) in [5.41, 5.74) is 0.903. The van der Waals surface area contributed by atoms with E-state index in [1.54, 1.807) is 0 Å². The lowest BCUT2D eigenvalue weighted by Gasteiger charge is -2.10. The minimum absolute atomic E-state index is 0.197. The Balaban J connectivity index is 1.72. The van der Waals surface area contributed by atoms with Crippen molar-refractivity contribution < 1.29 is 22.0 Å². The Kier molecular flexibility index (Phi) is 5.62. The first kappa shape index (κ1) is 19.8.